The van der Waals surface area contributed by atoms with E-state index in [1.807, 2.05) is 24.1 Å². The minimum atomic E-state index is -0.885. The smallest absolute Gasteiger partial charge is 0.255 e. The predicted molar refractivity (Wildman–Crippen MR) is 155 cm³/mol. The van der Waals surface area contributed by atoms with Crippen molar-refractivity contribution < 1.29 is 28.6 Å². The van der Waals surface area contributed by atoms with E-state index in [1.165, 1.54) is 30.2 Å². The second-order valence-corrected chi connectivity index (χ2v) is 10.9. The first-order chi connectivity index (χ1) is 20.2. The molecule has 222 valence electrons. The van der Waals surface area contributed by atoms with Crippen LogP contribution in [0.1, 0.15) is 47.3 Å². The summed E-state index contributed by atoms with van der Waals surface area (Å²) in [7, 11) is 3.35. The lowest BCUT2D eigenvalue weighted by molar-refractivity contribution is -0.126. The summed E-state index contributed by atoms with van der Waals surface area (Å²) in [5.41, 5.74) is 2.74. The van der Waals surface area contributed by atoms with Gasteiger partial charge in [0.05, 0.1) is 36.7 Å². The number of aliphatic hydroxyl groups excluding tert-OH is 1. The molecular weight excluding hydrogens is 565 g/mol. The number of amides is 2. The van der Waals surface area contributed by atoms with Crippen LogP contribution in [0.3, 0.4) is 0 Å². The largest absolute Gasteiger partial charge is 0.497 e. The molecule has 3 aromatic rings. The maximum atomic E-state index is 14.0. The maximum absolute atomic E-state index is 14.0. The summed E-state index contributed by atoms with van der Waals surface area (Å²) < 4.78 is 24.6. The van der Waals surface area contributed by atoms with E-state index in [1.54, 1.807) is 19.2 Å². The predicted octanol–water partition coefficient (Wildman–Crippen LogP) is 3.75. The Morgan fingerprint density at radius 2 is 2.05 bits per heavy atom. The monoisotopic (exact) mass is 597 g/mol. The molecule has 1 saturated heterocycles. The Labute approximate surface area is 248 Å². The van der Waals surface area contributed by atoms with Crippen LogP contribution in [0.25, 0.3) is 11.3 Å². The summed E-state index contributed by atoms with van der Waals surface area (Å²) in [4.78, 5) is 39.3. The van der Waals surface area contributed by atoms with E-state index >= 15 is 0 Å². The molecule has 0 unspecified atom stereocenters. The van der Waals surface area contributed by atoms with Gasteiger partial charge in [-0.2, -0.15) is 0 Å². The average molecular weight is 598 g/mol. The van der Waals surface area contributed by atoms with Crippen molar-refractivity contribution in [3.63, 3.8) is 0 Å². The van der Waals surface area contributed by atoms with E-state index < -0.39 is 30.4 Å². The first-order valence-corrected chi connectivity index (χ1v) is 14.1. The zero-order chi connectivity index (χ0) is 30.0. The topological polar surface area (TPSA) is 117 Å². The summed E-state index contributed by atoms with van der Waals surface area (Å²) >= 11 is 6.51. The lowest BCUT2D eigenvalue weighted by Gasteiger charge is -2.31. The number of anilines is 1. The van der Waals surface area contributed by atoms with Crippen molar-refractivity contribution in [2.24, 2.45) is 0 Å². The van der Waals surface area contributed by atoms with E-state index in [2.05, 4.69) is 10.3 Å². The highest BCUT2D eigenvalue weighted by atomic mass is 35.5. The zero-order valence-corrected chi connectivity index (χ0v) is 24.4. The molecule has 2 amide bonds. The van der Waals surface area contributed by atoms with Crippen molar-refractivity contribution in [2.45, 2.75) is 44.4 Å². The van der Waals surface area contributed by atoms with Crippen LogP contribution >= 0.6 is 11.6 Å². The van der Waals surface area contributed by atoms with Gasteiger partial charge in [-0.25, -0.2) is 14.4 Å². The lowest BCUT2D eigenvalue weighted by Crippen LogP contribution is -2.46. The summed E-state index contributed by atoms with van der Waals surface area (Å²) in [5.74, 6) is -0.560. The zero-order valence-electron chi connectivity index (χ0n) is 23.6. The van der Waals surface area contributed by atoms with E-state index in [0.29, 0.717) is 46.6 Å². The van der Waals surface area contributed by atoms with Gasteiger partial charge in [0.15, 0.2) is 0 Å². The molecule has 10 nitrogen and oxygen atoms in total. The number of hydrogen-bond donors (Lipinski definition) is 2. The third-order valence-corrected chi connectivity index (χ3v) is 8.15. The molecule has 0 radical (unpaired) electrons. The SMILES string of the molecule is COc1cc(F)cc([C@@H](CO)NC(=O)[C@@H](C)N2Cc3ccc(-c4nc(N(C)C5CCOCC5)ncc4Cl)cc3C2=O)c1. The first-order valence-electron chi connectivity index (χ1n) is 13.7. The van der Waals surface area contributed by atoms with Gasteiger partial charge in [-0.15, -0.1) is 0 Å². The van der Waals surface area contributed by atoms with E-state index in [4.69, 9.17) is 26.1 Å². The number of fused-ring (bicyclic) bond motifs is 1. The van der Waals surface area contributed by atoms with Crippen molar-refractivity contribution in [1.82, 2.24) is 20.2 Å². The molecule has 2 aromatic carbocycles. The number of carbonyl (C=O) groups excluding carboxylic acids is 2. The number of ether oxygens (including phenoxy) is 2. The minimum Gasteiger partial charge on any atom is -0.497 e. The molecule has 0 spiro atoms. The third kappa shape index (κ3) is 6.04. The number of benzene rings is 2. The molecule has 3 heterocycles. The Hall–Kier alpha value is -3.80. The second-order valence-electron chi connectivity index (χ2n) is 10.5. The molecule has 2 aliphatic heterocycles. The Morgan fingerprint density at radius 1 is 1.29 bits per heavy atom. The fraction of sp³-hybridized carbons (Fsp3) is 0.400. The number of aromatic nitrogens is 2. The molecular formula is C30H33ClFN5O5. The molecule has 1 aromatic heterocycles. The van der Waals surface area contributed by atoms with Gasteiger partial charge >= 0.3 is 0 Å². The van der Waals surface area contributed by atoms with Gasteiger partial charge in [-0.3, -0.25) is 9.59 Å². The van der Waals surface area contributed by atoms with Crippen LogP contribution in [0.4, 0.5) is 10.3 Å². The van der Waals surface area contributed by atoms with Gasteiger partial charge in [0.2, 0.25) is 11.9 Å². The molecule has 12 heteroatoms. The Morgan fingerprint density at radius 3 is 2.76 bits per heavy atom. The molecule has 1 fully saturated rings. The molecule has 0 aliphatic carbocycles. The maximum Gasteiger partial charge on any atom is 0.255 e. The van der Waals surface area contributed by atoms with Gasteiger partial charge in [-0.05, 0) is 49.1 Å². The number of methoxy groups -OCH3 is 1. The van der Waals surface area contributed by atoms with Gasteiger partial charge in [0, 0.05) is 50.0 Å². The van der Waals surface area contributed by atoms with Crippen LogP contribution in [0.5, 0.6) is 5.75 Å². The molecule has 2 N–H and O–H groups in total. The quantitative estimate of drug-likeness (QED) is 0.383. The van der Waals surface area contributed by atoms with Crippen molar-refractivity contribution in [2.75, 3.05) is 38.9 Å². The van der Waals surface area contributed by atoms with Gasteiger partial charge in [-0.1, -0.05) is 23.7 Å². The summed E-state index contributed by atoms with van der Waals surface area (Å²) in [6, 6.07) is 7.90. The summed E-state index contributed by atoms with van der Waals surface area (Å²) in [6.07, 6.45) is 3.32. The van der Waals surface area contributed by atoms with Crippen LogP contribution < -0.4 is 15.0 Å². The van der Waals surface area contributed by atoms with Crippen molar-refractivity contribution in [3.8, 4) is 17.0 Å². The number of nitrogens with zero attached hydrogens (tertiary/aromatic N) is 4. The van der Waals surface area contributed by atoms with Crippen LogP contribution in [0, 0.1) is 5.82 Å². The summed E-state index contributed by atoms with van der Waals surface area (Å²) in [6.45, 7) is 2.76. The van der Waals surface area contributed by atoms with Gasteiger partial charge in [0.1, 0.15) is 17.6 Å². The lowest BCUT2D eigenvalue weighted by atomic mass is 10.0. The van der Waals surface area contributed by atoms with Crippen LogP contribution in [0.15, 0.2) is 42.6 Å². The molecule has 2 atom stereocenters. The van der Waals surface area contributed by atoms with Gasteiger partial charge in [0.25, 0.3) is 5.91 Å². The number of aliphatic hydroxyl groups is 1. The van der Waals surface area contributed by atoms with E-state index in [-0.39, 0.29) is 24.2 Å². The van der Waals surface area contributed by atoms with Crippen LogP contribution in [-0.4, -0.2) is 77.9 Å². The van der Waals surface area contributed by atoms with Crippen molar-refractivity contribution in [1.29, 1.82) is 0 Å². The Bertz CT molecular complexity index is 1480. The van der Waals surface area contributed by atoms with E-state index in [0.717, 1.165) is 18.4 Å². The molecule has 42 heavy (non-hydrogen) atoms. The minimum absolute atomic E-state index is 0.232. The fourth-order valence-electron chi connectivity index (χ4n) is 5.32. The molecule has 2 aliphatic rings. The standard InChI is InChI=1S/C30H33ClFN5O5/c1-17(28(39)34-26(16-38)20-10-21(32)13-23(11-20)41-3)37-15-19-5-4-18(12-24(19)29(37)40)27-25(31)14-33-30(35-27)36(2)22-6-8-42-9-7-22/h4-5,10-14,17,22,26,38H,6-9,15-16H2,1-3H3,(H,34,39)/t17-,26-/m1/s1. The number of rotatable bonds is 9. The van der Waals surface area contributed by atoms with Crippen molar-refractivity contribution in [3.05, 3.63) is 70.1 Å². The van der Waals surface area contributed by atoms with Crippen LogP contribution in [-0.2, 0) is 16.1 Å². The fourth-order valence-corrected chi connectivity index (χ4v) is 5.52. The molecule has 5 rings (SSSR count). The first kappa shape index (κ1) is 29.7. The van der Waals surface area contributed by atoms with Crippen molar-refractivity contribution >= 4 is 29.4 Å². The molecule has 0 bridgehead atoms. The molecule has 0 saturated carbocycles. The number of carbonyl (C=O) groups is 2. The number of hydrogen-bond acceptors (Lipinski definition) is 8. The van der Waals surface area contributed by atoms with Gasteiger partial charge < -0.3 is 29.7 Å². The highest BCUT2D eigenvalue weighted by molar-refractivity contribution is 6.33. The Kier molecular flexibility index (Phi) is 8.91. The highest BCUT2D eigenvalue weighted by Crippen LogP contribution is 2.33. The average Bonchev–Trinajstić information content (AvgIpc) is 3.34. The Balaban J connectivity index is 1.32. The number of nitrogens with one attached hydrogen (secondary N) is 1. The second kappa shape index (κ2) is 12.6. The summed E-state index contributed by atoms with van der Waals surface area (Å²) in [5, 5.41) is 13.0. The van der Waals surface area contributed by atoms with E-state index in [9.17, 15) is 19.1 Å². The normalized spacial score (nSPS) is 16.6. The highest BCUT2D eigenvalue weighted by Gasteiger charge is 2.35. The third-order valence-electron chi connectivity index (χ3n) is 7.88. The number of halogens is 2. The van der Waals surface area contributed by atoms with Crippen LogP contribution in [0.2, 0.25) is 5.02 Å².